The Labute approximate surface area is 117 Å². The van der Waals surface area contributed by atoms with Crippen LogP contribution < -0.4 is 5.32 Å². The summed E-state index contributed by atoms with van der Waals surface area (Å²) in [5.41, 5.74) is 1.01. The number of amides is 2. The molecule has 2 N–H and O–H groups in total. The van der Waals surface area contributed by atoms with Crippen molar-refractivity contribution in [1.82, 2.24) is 9.88 Å². The average molecular weight is 283 g/mol. The molecule has 1 aliphatic carbocycles. The Bertz CT molecular complexity index is 418. The highest BCUT2D eigenvalue weighted by Gasteiger charge is 2.32. The highest BCUT2D eigenvalue weighted by molar-refractivity contribution is 7.13. The predicted octanol–water partition coefficient (Wildman–Crippen LogP) is 2.47. The van der Waals surface area contributed by atoms with Gasteiger partial charge in [0, 0.05) is 24.6 Å². The second kappa shape index (κ2) is 6.86. The summed E-state index contributed by atoms with van der Waals surface area (Å²) in [6.07, 6.45) is 4.65. The number of aromatic nitrogens is 1. The number of urea groups is 1. The molecule has 6 heteroatoms. The molecule has 0 radical (unpaired) electrons. The average Bonchev–Trinajstić information content (AvgIpc) is 3.14. The molecule has 0 saturated heterocycles. The maximum Gasteiger partial charge on any atom is 0.323 e. The number of nitrogens with zero attached hydrogens (tertiary/aromatic N) is 2. The van der Waals surface area contributed by atoms with Gasteiger partial charge in [-0.25, -0.2) is 9.78 Å². The summed E-state index contributed by atoms with van der Waals surface area (Å²) in [7, 11) is 0. The molecule has 0 spiro atoms. The molecule has 19 heavy (non-hydrogen) atoms. The van der Waals surface area contributed by atoms with Gasteiger partial charge in [-0.15, -0.1) is 11.3 Å². The van der Waals surface area contributed by atoms with Crippen LogP contribution in [-0.4, -0.2) is 40.2 Å². The Hall–Kier alpha value is -1.14. The highest BCUT2D eigenvalue weighted by Crippen LogP contribution is 2.28. The van der Waals surface area contributed by atoms with Gasteiger partial charge in [-0.05, 0) is 32.1 Å². The fourth-order valence-electron chi connectivity index (χ4n) is 1.92. The van der Waals surface area contributed by atoms with Gasteiger partial charge >= 0.3 is 6.03 Å². The Morgan fingerprint density at radius 1 is 1.58 bits per heavy atom. The molecule has 1 saturated carbocycles. The van der Waals surface area contributed by atoms with Gasteiger partial charge in [0.05, 0.1) is 5.69 Å². The number of hydrogen-bond donors (Lipinski definition) is 2. The number of hydrogen-bond acceptors (Lipinski definition) is 4. The minimum absolute atomic E-state index is 0.0579. The van der Waals surface area contributed by atoms with Crippen LogP contribution in [0.4, 0.5) is 9.93 Å². The predicted molar refractivity (Wildman–Crippen MR) is 76.6 cm³/mol. The van der Waals surface area contributed by atoms with E-state index in [0.717, 1.165) is 37.8 Å². The van der Waals surface area contributed by atoms with Gasteiger partial charge in [0.15, 0.2) is 5.13 Å². The van der Waals surface area contributed by atoms with E-state index in [4.69, 9.17) is 5.11 Å². The SMILES string of the molecule is CCc1csc(NC(=O)N(CCCCO)C2CC2)n1. The number of carbonyl (C=O) groups excluding carboxylic acids is 1. The molecule has 0 aromatic carbocycles. The standard InChI is InChI=1S/C13H21N3O2S/c1-2-10-9-19-12(14-10)15-13(18)16(11-5-6-11)7-3-4-8-17/h9,11,17H,2-8H2,1H3,(H,14,15,18). The molecule has 1 aromatic heterocycles. The second-order valence-corrected chi connectivity index (χ2v) is 5.64. The Morgan fingerprint density at radius 3 is 2.95 bits per heavy atom. The number of aryl methyl sites for hydroxylation is 1. The third-order valence-electron chi connectivity index (χ3n) is 3.18. The third-order valence-corrected chi connectivity index (χ3v) is 3.99. The zero-order valence-electron chi connectivity index (χ0n) is 11.3. The molecule has 2 rings (SSSR count). The van der Waals surface area contributed by atoms with Crippen LogP contribution in [0.15, 0.2) is 5.38 Å². The normalized spacial score (nSPS) is 14.4. The first-order valence-electron chi connectivity index (χ1n) is 6.87. The molecule has 5 nitrogen and oxygen atoms in total. The maximum atomic E-state index is 12.2. The number of aliphatic hydroxyl groups is 1. The highest BCUT2D eigenvalue weighted by atomic mass is 32.1. The summed E-state index contributed by atoms with van der Waals surface area (Å²) in [5.74, 6) is 0. The van der Waals surface area contributed by atoms with Gasteiger partial charge < -0.3 is 10.0 Å². The lowest BCUT2D eigenvalue weighted by atomic mass is 10.3. The number of unbranched alkanes of at least 4 members (excludes halogenated alkanes) is 1. The topological polar surface area (TPSA) is 65.5 Å². The zero-order chi connectivity index (χ0) is 13.7. The van der Waals surface area contributed by atoms with Crippen molar-refractivity contribution in [2.45, 2.75) is 45.1 Å². The van der Waals surface area contributed by atoms with E-state index in [-0.39, 0.29) is 12.6 Å². The molecule has 2 amide bonds. The second-order valence-electron chi connectivity index (χ2n) is 4.78. The first-order chi connectivity index (χ1) is 9.24. The zero-order valence-corrected chi connectivity index (χ0v) is 12.1. The molecule has 1 aromatic rings. The number of rotatable bonds is 7. The smallest absolute Gasteiger partial charge is 0.323 e. The van der Waals surface area contributed by atoms with Crippen molar-refractivity contribution in [2.24, 2.45) is 0 Å². The van der Waals surface area contributed by atoms with Crippen molar-refractivity contribution in [3.8, 4) is 0 Å². The number of nitrogens with one attached hydrogen (secondary N) is 1. The lowest BCUT2D eigenvalue weighted by molar-refractivity contribution is 0.204. The van der Waals surface area contributed by atoms with Crippen LogP contribution >= 0.6 is 11.3 Å². The molecule has 0 aliphatic heterocycles. The maximum absolute atomic E-state index is 12.2. The van der Waals surface area contributed by atoms with Crippen molar-refractivity contribution in [1.29, 1.82) is 0 Å². The molecular formula is C13H21N3O2S. The minimum atomic E-state index is -0.0579. The van der Waals surface area contributed by atoms with Gasteiger partial charge in [-0.2, -0.15) is 0 Å². The Kier molecular flexibility index (Phi) is 5.15. The van der Waals surface area contributed by atoms with E-state index in [1.807, 2.05) is 17.2 Å². The summed E-state index contributed by atoms with van der Waals surface area (Å²) in [6.45, 7) is 2.95. The molecule has 106 valence electrons. The quantitative estimate of drug-likeness (QED) is 0.756. The fourth-order valence-corrected chi connectivity index (χ4v) is 2.70. The summed E-state index contributed by atoms with van der Waals surface area (Å²) in [6, 6.07) is 0.321. The van der Waals surface area contributed by atoms with Gasteiger partial charge in [0.1, 0.15) is 0 Å². The van der Waals surface area contributed by atoms with Gasteiger partial charge in [-0.3, -0.25) is 5.32 Å². The minimum Gasteiger partial charge on any atom is -0.396 e. The number of anilines is 1. The van der Waals surface area contributed by atoms with Gasteiger partial charge in [0.25, 0.3) is 0 Å². The van der Waals surface area contributed by atoms with Gasteiger partial charge in [-0.1, -0.05) is 6.92 Å². The van der Waals surface area contributed by atoms with E-state index < -0.39 is 0 Å². The summed E-state index contributed by atoms with van der Waals surface area (Å²) in [5, 5.41) is 14.3. The molecule has 0 bridgehead atoms. The molecule has 1 heterocycles. The summed E-state index contributed by atoms with van der Waals surface area (Å²) < 4.78 is 0. The lowest BCUT2D eigenvalue weighted by Gasteiger charge is -2.21. The number of aliphatic hydroxyl groups excluding tert-OH is 1. The van der Waals surface area contributed by atoms with Crippen molar-refractivity contribution in [3.63, 3.8) is 0 Å². The Balaban J connectivity index is 1.87. The van der Waals surface area contributed by atoms with Gasteiger partial charge in [0.2, 0.25) is 0 Å². The van der Waals surface area contributed by atoms with Crippen LogP contribution in [0.3, 0.4) is 0 Å². The van der Waals surface area contributed by atoms with E-state index in [2.05, 4.69) is 10.3 Å². The molecule has 1 fully saturated rings. The number of carbonyl (C=O) groups is 1. The van der Waals surface area contributed by atoms with Crippen LogP contribution in [0.5, 0.6) is 0 Å². The first kappa shape index (κ1) is 14.3. The summed E-state index contributed by atoms with van der Waals surface area (Å²) >= 11 is 1.47. The van der Waals surface area contributed by atoms with Crippen molar-refractivity contribution in [2.75, 3.05) is 18.5 Å². The summed E-state index contributed by atoms with van der Waals surface area (Å²) in [4.78, 5) is 18.4. The van der Waals surface area contributed by atoms with Crippen LogP contribution in [-0.2, 0) is 6.42 Å². The van der Waals surface area contributed by atoms with E-state index in [1.54, 1.807) is 0 Å². The molecule has 1 aliphatic rings. The van der Waals surface area contributed by atoms with E-state index in [1.165, 1.54) is 11.3 Å². The first-order valence-corrected chi connectivity index (χ1v) is 7.75. The van der Waals surface area contributed by atoms with Crippen LogP contribution in [0.25, 0.3) is 0 Å². The monoisotopic (exact) mass is 283 g/mol. The van der Waals surface area contributed by atoms with Crippen LogP contribution in [0.1, 0.15) is 38.3 Å². The number of thiazole rings is 1. The van der Waals surface area contributed by atoms with Crippen molar-refractivity contribution in [3.05, 3.63) is 11.1 Å². The third kappa shape index (κ3) is 4.18. The van der Waals surface area contributed by atoms with Crippen LogP contribution in [0.2, 0.25) is 0 Å². The molecule has 0 atom stereocenters. The van der Waals surface area contributed by atoms with E-state index >= 15 is 0 Å². The Morgan fingerprint density at radius 2 is 2.37 bits per heavy atom. The van der Waals surface area contributed by atoms with Crippen LogP contribution in [0, 0.1) is 0 Å². The van der Waals surface area contributed by atoms with E-state index in [9.17, 15) is 4.79 Å². The lowest BCUT2D eigenvalue weighted by Crippen LogP contribution is -2.37. The molecule has 0 unspecified atom stereocenters. The largest absolute Gasteiger partial charge is 0.396 e. The van der Waals surface area contributed by atoms with Crippen molar-refractivity contribution < 1.29 is 9.90 Å². The molecular weight excluding hydrogens is 262 g/mol. The van der Waals surface area contributed by atoms with E-state index in [0.29, 0.717) is 17.7 Å². The fraction of sp³-hybridized carbons (Fsp3) is 0.692. The van der Waals surface area contributed by atoms with Crippen molar-refractivity contribution >= 4 is 22.5 Å².